The quantitative estimate of drug-likeness (QED) is 0.822. The summed E-state index contributed by atoms with van der Waals surface area (Å²) >= 11 is 0. The number of aromatic nitrogens is 2. The molecule has 0 radical (unpaired) electrons. The number of hydrogen-bond donors (Lipinski definition) is 1. The van der Waals surface area contributed by atoms with Crippen molar-refractivity contribution in [1.29, 1.82) is 0 Å². The molecule has 0 aliphatic carbocycles. The van der Waals surface area contributed by atoms with Crippen LogP contribution in [0.1, 0.15) is 32.7 Å². The van der Waals surface area contributed by atoms with Crippen LogP contribution in [-0.2, 0) is 0 Å². The molecule has 2 rings (SSSR count). The van der Waals surface area contributed by atoms with Gasteiger partial charge in [0.2, 0.25) is 0 Å². The van der Waals surface area contributed by atoms with E-state index in [0.717, 1.165) is 6.42 Å². The Morgan fingerprint density at radius 2 is 2.44 bits per heavy atom. The summed E-state index contributed by atoms with van der Waals surface area (Å²) in [7, 11) is 0. The third-order valence-corrected chi connectivity index (χ3v) is 2.92. The smallest absolute Gasteiger partial charge is 0.300 e. The molecule has 0 saturated carbocycles. The summed E-state index contributed by atoms with van der Waals surface area (Å²) in [6.07, 6.45) is 2.42. The van der Waals surface area contributed by atoms with Gasteiger partial charge in [-0.05, 0) is 13.3 Å². The maximum absolute atomic E-state index is 11.1. The van der Waals surface area contributed by atoms with Gasteiger partial charge in [-0.25, -0.2) is 0 Å². The highest BCUT2D eigenvalue weighted by Gasteiger charge is 2.35. The van der Waals surface area contributed by atoms with Crippen molar-refractivity contribution < 1.29 is 9.84 Å². The Morgan fingerprint density at radius 3 is 3.12 bits per heavy atom. The van der Waals surface area contributed by atoms with Crippen LogP contribution in [0.2, 0.25) is 0 Å². The highest BCUT2D eigenvalue weighted by molar-refractivity contribution is 5.08. The molecule has 0 bridgehead atoms. The second-order valence-electron chi connectivity index (χ2n) is 4.13. The summed E-state index contributed by atoms with van der Waals surface area (Å²) in [5, 5.41) is 9.92. The minimum atomic E-state index is -0.517. The van der Waals surface area contributed by atoms with Crippen LogP contribution in [0, 0.1) is 0 Å². The van der Waals surface area contributed by atoms with Gasteiger partial charge < -0.3 is 9.84 Å². The first-order valence-corrected chi connectivity index (χ1v) is 5.57. The first-order chi connectivity index (χ1) is 7.63. The van der Waals surface area contributed by atoms with E-state index in [1.54, 1.807) is 10.8 Å². The van der Waals surface area contributed by atoms with Crippen molar-refractivity contribution in [3.63, 3.8) is 0 Å². The number of hydrogen-bond acceptors (Lipinski definition) is 4. The summed E-state index contributed by atoms with van der Waals surface area (Å²) in [6, 6.07) is 1.71. The van der Waals surface area contributed by atoms with Gasteiger partial charge in [0.05, 0.1) is 12.1 Å². The molecule has 1 aliphatic rings. The molecule has 2 heterocycles. The number of ether oxygens (including phenoxy) is 1. The predicted octanol–water partition coefficient (Wildman–Crippen LogP) is 0.726. The molecule has 5 heteroatoms. The van der Waals surface area contributed by atoms with E-state index in [1.807, 2.05) is 13.8 Å². The summed E-state index contributed by atoms with van der Waals surface area (Å²) in [5.41, 5.74) is -0.316. The highest BCUT2D eigenvalue weighted by atomic mass is 16.5. The third kappa shape index (κ3) is 1.82. The zero-order valence-corrected chi connectivity index (χ0v) is 9.46. The maximum atomic E-state index is 11.1. The Labute approximate surface area is 93.7 Å². The fraction of sp³-hybridized carbons (Fsp3) is 0.636. The Morgan fingerprint density at radius 1 is 1.69 bits per heavy atom. The van der Waals surface area contributed by atoms with Gasteiger partial charge in [0.1, 0.15) is 6.10 Å². The molecule has 0 amide bonds. The summed E-state index contributed by atoms with van der Waals surface area (Å²) < 4.78 is 7.30. The molecule has 1 aromatic rings. The minimum Gasteiger partial charge on any atom is -0.456 e. The molecule has 0 spiro atoms. The Bertz CT molecular complexity index is 429. The molecule has 3 atom stereocenters. The molecule has 16 heavy (non-hydrogen) atoms. The van der Waals surface area contributed by atoms with Crippen molar-refractivity contribution in [2.45, 2.75) is 44.9 Å². The van der Waals surface area contributed by atoms with E-state index < -0.39 is 6.10 Å². The molecule has 88 valence electrons. The van der Waals surface area contributed by atoms with Crippen LogP contribution in [-0.4, -0.2) is 26.9 Å². The van der Waals surface area contributed by atoms with Crippen molar-refractivity contribution in [1.82, 2.24) is 9.55 Å². The molecule has 1 N–H and O–H groups in total. The summed E-state index contributed by atoms with van der Waals surface area (Å²) in [6.45, 7) is 3.96. The van der Waals surface area contributed by atoms with Crippen molar-refractivity contribution in [2.24, 2.45) is 0 Å². The van der Waals surface area contributed by atoms with E-state index in [0.29, 0.717) is 12.4 Å². The standard InChI is InChI=1S/C11H16N2O3/c1-3-4-8(14)10-7(2)13-6-5-9(15)12-11(13)16-10/h5-8,10,14H,3-4H2,1-2H3. The minimum absolute atomic E-state index is 0.00431. The predicted molar refractivity (Wildman–Crippen MR) is 58.5 cm³/mol. The normalized spacial score (nSPS) is 24.9. The number of fused-ring (bicyclic) bond motifs is 1. The fourth-order valence-corrected chi connectivity index (χ4v) is 2.03. The van der Waals surface area contributed by atoms with Gasteiger partial charge in [0.15, 0.2) is 0 Å². The number of rotatable bonds is 3. The molecule has 0 fully saturated rings. The lowest BCUT2D eigenvalue weighted by atomic mass is 10.0. The Hall–Kier alpha value is -1.36. The van der Waals surface area contributed by atoms with Crippen LogP contribution >= 0.6 is 0 Å². The molecule has 0 aromatic carbocycles. The van der Waals surface area contributed by atoms with Crippen molar-refractivity contribution in [3.8, 4) is 6.01 Å². The van der Waals surface area contributed by atoms with Crippen LogP contribution in [0.4, 0.5) is 0 Å². The van der Waals surface area contributed by atoms with Crippen LogP contribution in [0.15, 0.2) is 17.1 Å². The molecule has 1 aliphatic heterocycles. The molecular formula is C11H16N2O3. The molecular weight excluding hydrogens is 208 g/mol. The lowest BCUT2D eigenvalue weighted by Crippen LogP contribution is -2.33. The van der Waals surface area contributed by atoms with Crippen molar-refractivity contribution >= 4 is 0 Å². The van der Waals surface area contributed by atoms with E-state index in [4.69, 9.17) is 4.74 Å². The van der Waals surface area contributed by atoms with Crippen LogP contribution in [0.5, 0.6) is 6.01 Å². The largest absolute Gasteiger partial charge is 0.456 e. The van der Waals surface area contributed by atoms with Gasteiger partial charge in [-0.1, -0.05) is 13.3 Å². The Balaban J connectivity index is 2.23. The van der Waals surface area contributed by atoms with Crippen molar-refractivity contribution in [2.75, 3.05) is 0 Å². The molecule has 5 nitrogen and oxygen atoms in total. The van der Waals surface area contributed by atoms with Crippen LogP contribution < -0.4 is 10.3 Å². The summed E-state index contributed by atoms with van der Waals surface area (Å²) in [4.78, 5) is 14.8. The SMILES string of the molecule is CCCC(O)C1Oc2nc(=O)ccn2C1C. The number of aliphatic hydroxyl groups excluding tert-OH is 1. The van der Waals surface area contributed by atoms with E-state index in [1.165, 1.54) is 6.07 Å². The van der Waals surface area contributed by atoms with Gasteiger partial charge in [0, 0.05) is 12.3 Å². The van der Waals surface area contributed by atoms with Crippen LogP contribution in [0.25, 0.3) is 0 Å². The van der Waals surface area contributed by atoms with Gasteiger partial charge in [-0.2, -0.15) is 4.98 Å². The van der Waals surface area contributed by atoms with Gasteiger partial charge >= 0.3 is 0 Å². The third-order valence-electron chi connectivity index (χ3n) is 2.92. The van der Waals surface area contributed by atoms with E-state index in [2.05, 4.69) is 4.98 Å². The lowest BCUT2D eigenvalue weighted by molar-refractivity contribution is 0.0280. The second-order valence-corrected chi connectivity index (χ2v) is 4.13. The average Bonchev–Trinajstić information content (AvgIpc) is 2.56. The topological polar surface area (TPSA) is 64.3 Å². The fourth-order valence-electron chi connectivity index (χ4n) is 2.03. The second kappa shape index (κ2) is 4.25. The number of aliphatic hydroxyl groups is 1. The molecule has 0 saturated heterocycles. The zero-order chi connectivity index (χ0) is 11.7. The maximum Gasteiger partial charge on any atom is 0.300 e. The molecule has 3 unspecified atom stereocenters. The van der Waals surface area contributed by atoms with E-state index in [9.17, 15) is 9.90 Å². The average molecular weight is 224 g/mol. The van der Waals surface area contributed by atoms with E-state index in [-0.39, 0.29) is 17.7 Å². The number of nitrogens with zero attached hydrogens (tertiary/aromatic N) is 2. The Kier molecular flexibility index (Phi) is 2.96. The first-order valence-electron chi connectivity index (χ1n) is 5.57. The van der Waals surface area contributed by atoms with E-state index >= 15 is 0 Å². The van der Waals surface area contributed by atoms with Gasteiger partial charge in [0.25, 0.3) is 11.6 Å². The van der Waals surface area contributed by atoms with Gasteiger partial charge in [-0.15, -0.1) is 0 Å². The summed E-state index contributed by atoms with van der Waals surface area (Å²) in [5.74, 6) is 0. The zero-order valence-electron chi connectivity index (χ0n) is 9.46. The molecule has 1 aromatic heterocycles. The van der Waals surface area contributed by atoms with Gasteiger partial charge in [-0.3, -0.25) is 9.36 Å². The van der Waals surface area contributed by atoms with Crippen molar-refractivity contribution in [3.05, 3.63) is 22.6 Å². The lowest BCUT2D eigenvalue weighted by Gasteiger charge is -2.20. The van der Waals surface area contributed by atoms with Crippen LogP contribution in [0.3, 0.4) is 0 Å². The first kappa shape index (κ1) is 11.1. The monoisotopic (exact) mass is 224 g/mol. The highest BCUT2D eigenvalue weighted by Crippen LogP contribution is 2.30.